The van der Waals surface area contributed by atoms with Crippen LogP contribution in [0.15, 0.2) is 56.7 Å². The molecule has 1 heterocycles. The van der Waals surface area contributed by atoms with Crippen LogP contribution in [-0.2, 0) is 0 Å². The lowest BCUT2D eigenvalue weighted by Crippen LogP contribution is -1.96. The van der Waals surface area contributed by atoms with Gasteiger partial charge in [-0.05, 0) is 18.6 Å². The van der Waals surface area contributed by atoms with E-state index in [4.69, 9.17) is 9.15 Å². The Morgan fingerprint density at radius 3 is 2.76 bits per heavy atom. The maximum atomic E-state index is 5.87. The van der Waals surface area contributed by atoms with Crippen molar-refractivity contribution in [1.29, 1.82) is 0 Å². The summed E-state index contributed by atoms with van der Waals surface area (Å²) >= 11 is 1.68. The number of fused-ring (bicyclic) bond motifs is 1. The third-order valence-electron chi connectivity index (χ3n) is 2.99. The highest BCUT2D eigenvalue weighted by atomic mass is 32.2. The molecule has 0 spiro atoms. The highest BCUT2D eigenvalue weighted by Gasteiger charge is 2.12. The molecule has 0 saturated heterocycles. The fourth-order valence-electron chi connectivity index (χ4n) is 2.07. The Balaban J connectivity index is 2.00. The van der Waals surface area contributed by atoms with Gasteiger partial charge in [0.1, 0.15) is 11.3 Å². The Labute approximate surface area is 128 Å². The molecule has 21 heavy (non-hydrogen) atoms. The van der Waals surface area contributed by atoms with E-state index in [2.05, 4.69) is 24.0 Å². The third-order valence-corrected chi connectivity index (χ3v) is 4.04. The number of hydrogen-bond donors (Lipinski definition) is 0. The van der Waals surface area contributed by atoms with Crippen LogP contribution in [0, 0.1) is 6.92 Å². The molecule has 0 unspecified atom stereocenters. The number of aryl methyl sites for hydroxylation is 1. The van der Waals surface area contributed by atoms with Crippen molar-refractivity contribution < 1.29 is 9.15 Å². The van der Waals surface area contributed by atoms with Crippen molar-refractivity contribution in [2.75, 3.05) is 6.61 Å². The largest absolute Gasteiger partial charge is 0.492 e. The predicted octanol–water partition coefficient (Wildman–Crippen LogP) is 5.08. The molecule has 1 aromatic heterocycles. The highest BCUT2D eigenvalue weighted by molar-refractivity contribution is 7.99. The quantitative estimate of drug-likeness (QED) is 0.658. The smallest absolute Gasteiger partial charge is 0.192 e. The van der Waals surface area contributed by atoms with Crippen LogP contribution in [0.3, 0.4) is 0 Å². The first-order chi connectivity index (χ1) is 10.3. The topological polar surface area (TPSA) is 35.3 Å². The number of hydrogen-bond acceptors (Lipinski definition) is 4. The number of ether oxygens (including phenoxy) is 1. The molecule has 0 saturated carbocycles. The van der Waals surface area contributed by atoms with E-state index in [1.54, 1.807) is 11.8 Å². The van der Waals surface area contributed by atoms with E-state index in [0.29, 0.717) is 12.5 Å². The molecule has 0 amide bonds. The zero-order chi connectivity index (χ0) is 14.7. The number of aromatic nitrogens is 1. The Bertz CT molecular complexity index is 737. The standard InChI is InChI=1S/C17H17NO2S/c1-3-9-19-16-10-14-15(20-12(2)18-14)11-17(16)21-13-7-5-4-6-8-13/h4-8,10-11H,3,9H2,1-2H3. The minimum Gasteiger partial charge on any atom is -0.492 e. The maximum absolute atomic E-state index is 5.87. The first kappa shape index (κ1) is 14.0. The zero-order valence-corrected chi connectivity index (χ0v) is 12.9. The minimum absolute atomic E-state index is 0.674. The fraction of sp³-hybridized carbons (Fsp3) is 0.235. The molecule has 108 valence electrons. The van der Waals surface area contributed by atoms with Crippen molar-refractivity contribution in [3.8, 4) is 5.75 Å². The Morgan fingerprint density at radius 1 is 1.19 bits per heavy atom. The molecule has 3 nitrogen and oxygen atoms in total. The zero-order valence-electron chi connectivity index (χ0n) is 12.1. The van der Waals surface area contributed by atoms with Crippen molar-refractivity contribution in [3.63, 3.8) is 0 Å². The molecule has 0 fully saturated rings. The number of oxazole rings is 1. The highest BCUT2D eigenvalue weighted by Crippen LogP contribution is 2.38. The molecule has 0 aliphatic carbocycles. The second kappa shape index (κ2) is 6.22. The summed E-state index contributed by atoms with van der Waals surface area (Å²) in [5.74, 6) is 1.54. The van der Waals surface area contributed by atoms with Crippen LogP contribution in [0.1, 0.15) is 19.2 Å². The molecule has 3 rings (SSSR count). The molecule has 0 radical (unpaired) electrons. The molecule has 0 aliphatic rings. The Morgan fingerprint density at radius 2 is 2.00 bits per heavy atom. The van der Waals surface area contributed by atoms with Crippen LogP contribution >= 0.6 is 11.8 Å². The van der Waals surface area contributed by atoms with E-state index in [1.165, 1.54) is 4.90 Å². The molecule has 4 heteroatoms. The summed E-state index contributed by atoms with van der Waals surface area (Å²) in [6, 6.07) is 14.2. The van der Waals surface area contributed by atoms with Crippen molar-refractivity contribution in [3.05, 3.63) is 48.4 Å². The van der Waals surface area contributed by atoms with Crippen LogP contribution in [0.2, 0.25) is 0 Å². The maximum Gasteiger partial charge on any atom is 0.192 e. The molecular weight excluding hydrogens is 282 g/mol. The van der Waals surface area contributed by atoms with Gasteiger partial charge in [0.15, 0.2) is 11.5 Å². The minimum atomic E-state index is 0.674. The van der Waals surface area contributed by atoms with Gasteiger partial charge in [0.25, 0.3) is 0 Å². The number of benzene rings is 2. The van der Waals surface area contributed by atoms with Gasteiger partial charge in [-0.1, -0.05) is 36.9 Å². The summed E-state index contributed by atoms with van der Waals surface area (Å²) in [4.78, 5) is 6.60. The van der Waals surface area contributed by atoms with Gasteiger partial charge in [-0.15, -0.1) is 0 Å². The van der Waals surface area contributed by atoms with Gasteiger partial charge in [-0.3, -0.25) is 0 Å². The lowest BCUT2D eigenvalue weighted by Gasteiger charge is -2.10. The van der Waals surface area contributed by atoms with Crippen LogP contribution < -0.4 is 4.74 Å². The lowest BCUT2D eigenvalue weighted by molar-refractivity contribution is 0.310. The third kappa shape index (κ3) is 3.22. The summed E-state index contributed by atoms with van der Waals surface area (Å²) in [6.07, 6.45) is 0.978. The fourth-order valence-corrected chi connectivity index (χ4v) is 3.00. The first-order valence-electron chi connectivity index (χ1n) is 7.03. The second-order valence-corrected chi connectivity index (χ2v) is 5.88. The summed E-state index contributed by atoms with van der Waals surface area (Å²) in [5.41, 5.74) is 1.64. The van der Waals surface area contributed by atoms with Crippen LogP contribution in [0.25, 0.3) is 11.1 Å². The van der Waals surface area contributed by atoms with Gasteiger partial charge in [-0.2, -0.15) is 0 Å². The molecule has 2 aromatic carbocycles. The van der Waals surface area contributed by atoms with Crippen molar-refractivity contribution in [2.45, 2.75) is 30.1 Å². The Kier molecular flexibility index (Phi) is 4.15. The molecule has 0 N–H and O–H groups in total. The van der Waals surface area contributed by atoms with E-state index >= 15 is 0 Å². The first-order valence-corrected chi connectivity index (χ1v) is 7.85. The van der Waals surface area contributed by atoms with Gasteiger partial charge < -0.3 is 9.15 Å². The monoisotopic (exact) mass is 299 g/mol. The molecule has 0 aliphatic heterocycles. The number of nitrogens with zero attached hydrogens (tertiary/aromatic N) is 1. The summed E-state index contributed by atoms with van der Waals surface area (Å²) in [5, 5.41) is 0. The van der Waals surface area contributed by atoms with E-state index in [0.717, 1.165) is 28.2 Å². The summed E-state index contributed by atoms with van der Waals surface area (Å²) in [6.45, 7) is 4.66. The van der Waals surface area contributed by atoms with Crippen molar-refractivity contribution in [2.24, 2.45) is 0 Å². The van der Waals surface area contributed by atoms with Crippen LogP contribution in [0.4, 0.5) is 0 Å². The second-order valence-electron chi connectivity index (χ2n) is 4.76. The number of rotatable bonds is 5. The molecular formula is C17H17NO2S. The Hall–Kier alpha value is -1.94. The SMILES string of the molecule is CCCOc1cc2nc(C)oc2cc1Sc1ccccc1. The molecule has 0 bridgehead atoms. The van der Waals surface area contributed by atoms with Gasteiger partial charge in [0.2, 0.25) is 0 Å². The summed E-state index contributed by atoms with van der Waals surface area (Å²) < 4.78 is 11.5. The van der Waals surface area contributed by atoms with Gasteiger partial charge >= 0.3 is 0 Å². The van der Waals surface area contributed by atoms with E-state index in [1.807, 2.05) is 37.3 Å². The van der Waals surface area contributed by atoms with E-state index in [-0.39, 0.29) is 0 Å². The van der Waals surface area contributed by atoms with Crippen LogP contribution in [0.5, 0.6) is 5.75 Å². The molecule has 0 atom stereocenters. The normalized spacial score (nSPS) is 11.0. The lowest BCUT2D eigenvalue weighted by atomic mass is 10.3. The van der Waals surface area contributed by atoms with Gasteiger partial charge in [-0.25, -0.2) is 4.98 Å². The van der Waals surface area contributed by atoms with Crippen molar-refractivity contribution >= 4 is 22.9 Å². The average Bonchev–Trinajstić information content (AvgIpc) is 2.85. The van der Waals surface area contributed by atoms with Gasteiger partial charge in [0.05, 0.1) is 11.5 Å². The summed E-state index contributed by atoms with van der Waals surface area (Å²) in [7, 11) is 0. The molecule has 3 aromatic rings. The van der Waals surface area contributed by atoms with Crippen molar-refractivity contribution in [1.82, 2.24) is 4.98 Å². The van der Waals surface area contributed by atoms with Gasteiger partial charge in [0, 0.05) is 24.0 Å². The predicted molar refractivity (Wildman–Crippen MR) is 85.1 cm³/mol. The van der Waals surface area contributed by atoms with Crippen LogP contribution in [-0.4, -0.2) is 11.6 Å². The van der Waals surface area contributed by atoms with E-state index in [9.17, 15) is 0 Å². The van der Waals surface area contributed by atoms with E-state index < -0.39 is 0 Å². The average molecular weight is 299 g/mol.